The zero-order chi connectivity index (χ0) is 13.8. The summed E-state index contributed by atoms with van der Waals surface area (Å²) in [6.07, 6.45) is 4.24. The van der Waals surface area contributed by atoms with Crippen LogP contribution in [0.5, 0.6) is 0 Å². The summed E-state index contributed by atoms with van der Waals surface area (Å²) >= 11 is 0. The Labute approximate surface area is 113 Å². The highest BCUT2D eigenvalue weighted by atomic mass is 16.1. The molecular formula is C16H18N2O. The average molecular weight is 254 g/mol. The summed E-state index contributed by atoms with van der Waals surface area (Å²) < 4.78 is 0. The Hall–Kier alpha value is -2.16. The molecule has 3 nitrogen and oxygen atoms in total. The van der Waals surface area contributed by atoms with Crippen molar-refractivity contribution in [3.63, 3.8) is 0 Å². The molecule has 0 aliphatic heterocycles. The van der Waals surface area contributed by atoms with E-state index in [4.69, 9.17) is 0 Å². The van der Waals surface area contributed by atoms with E-state index < -0.39 is 0 Å². The summed E-state index contributed by atoms with van der Waals surface area (Å²) in [5, 5.41) is 3.02. The fraction of sp³-hybridized carbons (Fsp3) is 0.250. The minimum atomic E-state index is -0.0797. The number of para-hydroxylation sites is 1. The average Bonchev–Trinajstić information content (AvgIpc) is 2.41. The fourth-order valence-corrected chi connectivity index (χ4v) is 2.11. The van der Waals surface area contributed by atoms with E-state index in [2.05, 4.69) is 17.2 Å². The van der Waals surface area contributed by atoms with Gasteiger partial charge in [0.15, 0.2) is 0 Å². The van der Waals surface area contributed by atoms with Crippen LogP contribution in [-0.4, -0.2) is 10.9 Å². The molecule has 1 heterocycles. The monoisotopic (exact) mass is 254 g/mol. The molecule has 0 fully saturated rings. The molecular weight excluding hydrogens is 236 g/mol. The van der Waals surface area contributed by atoms with Gasteiger partial charge in [-0.25, -0.2) is 0 Å². The van der Waals surface area contributed by atoms with E-state index in [9.17, 15) is 4.79 Å². The Morgan fingerprint density at radius 1 is 1.21 bits per heavy atom. The van der Waals surface area contributed by atoms with Crippen molar-refractivity contribution >= 4 is 11.6 Å². The molecule has 1 aromatic carbocycles. The van der Waals surface area contributed by atoms with Crippen LogP contribution in [0.2, 0.25) is 0 Å². The number of carbonyl (C=O) groups is 1. The Bertz CT molecular complexity index is 605. The number of aromatic nitrogens is 1. The van der Waals surface area contributed by atoms with Crippen molar-refractivity contribution in [2.75, 3.05) is 5.32 Å². The van der Waals surface area contributed by atoms with Gasteiger partial charge >= 0.3 is 0 Å². The maximum Gasteiger partial charge on any atom is 0.256 e. The first-order valence-corrected chi connectivity index (χ1v) is 6.44. The van der Waals surface area contributed by atoms with Crippen LogP contribution in [0.3, 0.4) is 0 Å². The summed E-state index contributed by atoms with van der Waals surface area (Å²) in [5.41, 5.74) is 4.71. The standard InChI is InChI=1S/C16H18N2O/c1-4-13-7-5-6-11(2)15(13)18-16(19)14-8-9-17-10-12(14)3/h5-10H,4H2,1-3H3,(H,18,19). The fourth-order valence-electron chi connectivity index (χ4n) is 2.11. The van der Waals surface area contributed by atoms with Crippen LogP contribution < -0.4 is 5.32 Å². The number of nitrogens with zero attached hydrogens (tertiary/aromatic N) is 1. The van der Waals surface area contributed by atoms with Crippen molar-refractivity contribution in [3.8, 4) is 0 Å². The lowest BCUT2D eigenvalue weighted by Crippen LogP contribution is -2.15. The van der Waals surface area contributed by atoms with Crippen LogP contribution in [0.1, 0.15) is 34.0 Å². The second-order valence-electron chi connectivity index (χ2n) is 4.61. The van der Waals surface area contributed by atoms with Gasteiger partial charge in [-0.2, -0.15) is 0 Å². The minimum Gasteiger partial charge on any atom is -0.321 e. The van der Waals surface area contributed by atoms with Gasteiger partial charge in [-0.1, -0.05) is 25.1 Å². The molecule has 1 aromatic heterocycles. The van der Waals surface area contributed by atoms with E-state index in [1.807, 2.05) is 32.0 Å². The summed E-state index contributed by atoms with van der Waals surface area (Å²) in [6, 6.07) is 7.81. The van der Waals surface area contributed by atoms with Crippen molar-refractivity contribution in [3.05, 3.63) is 58.9 Å². The van der Waals surface area contributed by atoms with Crippen LogP contribution in [0.15, 0.2) is 36.7 Å². The zero-order valence-electron chi connectivity index (χ0n) is 11.5. The number of pyridine rings is 1. The van der Waals surface area contributed by atoms with Crippen LogP contribution in [-0.2, 0) is 6.42 Å². The maximum atomic E-state index is 12.3. The molecule has 3 heteroatoms. The van der Waals surface area contributed by atoms with Gasteiger partial charge in [0.25, 0.3) is 5.91 Å². The molecule has 0 saturated heterocycles. The van der Waals surface area contributed by atoms with E-state index in [0.717, 1.165) is 28.8 Å². The predicted molar refractivity (Wildman–Crippen MR) is 77.5 cm³/mol. The normalized spacial score (nSPS) is 10.3. The Morgan fingerprint density at radius 3 is 2.68 bits per heavy atom. The highest BCUT2D eigenvalue weighted by Gasteiger charge is 2.12. The molecule has 0 unspecified atom stereocenters. The molecule has 2 aromatic rings. The van der Waals surface area contributed by atoms with Crippen LogP contribution in [0.25, 0.3) is 0 Å². The van der Waals surface area contributed by atoms with Crippen LogP contribution in [0, 0.1) is 13.8 Å². The molecule has 19 heavy (non-hydrogen) atoms. The number of nitrogens with one attached hydrogen (secondary N) is 1. The summed E-state index contributed by atoms with van der Waals surface area (Å²) in [6.45, 7) is 5.98. The Balaban J connectivity index is 2.32. The third-order valence-corrected chi connectivity index (χ3v) is 3.24. The van der Waals surface area contributed by atoms with Gasteiger partial charge in [-0.3, -0.25) is 9.78 Å². The van der Waals surface area contributed by atoms with Crippen LogP contribution in [0.4, 0.5) is 5.69 Å². The van der Waals surface area contributed by atoms with E-state index >= 15 is 0 Å². The highest BCUT2D eigenvalue weighted by Crippen LogP contribution is 2.22. The second kappa shape index (κ2) is 5.65. The number of hydrogen-bond acceptors (Lipinski definition) is 2. The molecule has 0 saturated carbocycles. The van der Waals surface area contributed by atoms with Crippen molar-refractivity contribution in [1.29, 1.82) is 0 Å². The Kier molecular flexibility index (Phi) is 3.95. The van der Waals surface area contributed by atoms with Gasteiger partial charge < -0.3 is 5.32 Å². The van der Waals surface area contributed by atoms with E-state index in [0.29, 0.717) is 5.56 Å². The van der Waals surface area contributed by atoms with Crippen molar-refractivity contribution in [2.45, 2.75) is 27.2 Å². The quantitative estimate of drug-likeness (QED) is 0.910. The number of anilines is 1. The molecule has 0 bridgehead atoms. The smallest absolute Gasteiger partial charge is 0.256 e. The van der Waals surface area contributed by atoms with Gasteiger partial charge in [0.1, 0.15) is 0 Å². The molecule has 2 rings (SSSR count). The van der Waals surface area contributed by atoms with Gasteiger partial charge in [-0.05, 0) is 43.0 Å². The number of aryl methyl sites for hydroxylation is 3. The maximum absolute atomic E-state index is 12.3. The number of carbonyl (C=O) groups excluding carboxylic acids is 1. The second-order valence-corrected chi connectivity index (χ2v) is 4.61. The van der Waals surface area contributed by atoms with E-state index in [-0.39, 0.29) is 5.91 Å². The molecule has 0 spiro atoms. The molecule has 1 N–H and O–H groups in total. The zero-order valence-corrected chi connectivity index (χ0v) is 11.5. The van der Waals surface area contributed by atoms with Crippen molar-refractivity contribution < 1.29 is 4.79 Å². The van der Waals surface area contributed by atoms with Crippen molar-refractivity contribution in [1.82, 2.24) is 4.98 Å². The van der Waals surface area contributed by atoms with Gasteiger partial charge in [0, 0.05) is 23.6 Å². The molecule has 0 aliphatic carbocycles. The van der Waals surface area contributed by atoms with E-state index in [1.165, 1.54) is 0 Å². The molecule has 0 aliphatic rings. The predicted octanol–water partition coefficient (Wildman–Crippen LogP) is 3.51. The van der Waals surface area contributed by atoms with Crippen LogP contribution >= 0.6 is 0 Å². The number of amides is 1. The van der Waals surface area contributed by atoms with E-state index in [1.54, 1.807) is 18.5 Å². The van der Waals surface area contributed by atoms with Gasteiger partial charge in [-0.15, -0.1) is 0 Å². The Morgan fingerprint density at radius 2 is 2.00 bits per heavy atom. The van der Waals surface area contributed by atoms with Crippen molar-refractivity contribution in [2.24, 2.45) is 0 Å². The number of hydrogen-bond donors (Lipinski definition) is 1. The molecule has 98 valence electrons. The third kappa shape index (κ3) is 2.81. The SMILES string of the molecule is CCc1cccc(C)c1NC(=O)c1ccncc1C. The molecule has 0 atom stereocenters. The first-order chi connectivity index (χ1) is 9.13. The lowest BCUT2D eigenvalue weighted by atomic mass is 10.0. The number of rotatable bonds is 3. The minimum absolute atomic E-state index is 0.0797. The summed E-state index contributed by atoms with van der Waals surface area (Å²) in [5.74, 6) is -0.0797. The molecule has 1 amide bonds. The topological polar surface area (TPSA) is 42.0 Å². The van der Waals surface area contributed by atoms with Gasteiger partial charge in [0.05, 0.1) is 0 Å². The highest BCUT2D eigenvalue weighted by molar-refractivity contribution is 6.05. The van der Waals surface area contributed by atoms with Gasteiger partial charge in [0.2, 0.25) is 0 Å². The summed E-state index contributed by atoms with van der Waals surface area (Å²) in [4.78, 5) is 16.3. The first kappa shape index (κ1) is 13.3. The third-order valence-electron chi connectivity index (χ3n) is 3.24. The largest absolute Gasteiger partial charge is 0.321 e. The summed E-state index contributed by atoms with van der Waals surface area (Å²) in [7, 11) is 0. The lowest BCUT2D eigenvalue weighted by molar-refractivity contribution is 0.102. The first-order valence-electron chi connectivity index (χ1n) is 6.44. The number of benzene rings is 1. The lowest BCUT2D eigenvalue weighted by Gasteiger charge is -2.13. The molecule has 0 radical (unpaired) electrons.